The Morgan fingerprint density at radius 1 is 0.816 bits per heavy atom. The predicted octanol–water partition coefficient (Wildman–Crippen LogP) is 7.81. The van der Waals surface area contributed by atoms with Gasteiger partial charge in [-0.3, -0.25) is 14.8 Å². The van der Waals surface area contributed by atoms with Crippen molar-refractivity contribution in [2.75, 3.05) is 42.9 Å². The number of ether oxygens (including phenoxy) is 1. The van der Waals surface area contributed by atoms with Gasteiger partial charge in [-0.2, -0.15) is 0 Å². The first-order chi connectivity index (χ1) is 24.0. The Morgan fingerprint density at radius 2 is 1.41 bits per heavy atom. The Kier molecular flexibility index (Phi) is 14.5. The minimum Gasteiger partial charge on any atom is -0.394 e. The van der Waals surface area contributed by atoms with Gasteiger partial charge in [0.1, 0.15) is 0 Å². The molecule has 0 radical (unpaired) electrons. The van der Waals surface area contributed by atoms with Crippen LogP contribution in [0.5, 0.6) is 0 Å². The summed E-state index contributed by atoms with van der Waals surface area (Å²) in [6, 6.07) is 35.9. The second-order valence-electron chi connectivity index (χ2n) is 10.9. The molecule has 0 saturated carbocycles. The largest absolute Gasteiger partial charge is 0.394 e. The molecule has 2 heterocycles. The molecule has 2 aromatic heterocycles. The molecule has 4 aromatic carbocycles. The summed E-state index contributed by atoms with van der Waals surface area (Å²) in [6.45, 7) is 4.56. The molecular formula is C40H43ClN4O4. The van der Waals surface area contributed by atoms with Crippen LogP contribution in [0, 0.1) is 0 Å². The first-order valence-electron chi connectivity index (χ1n) is 16.3. The molecule has 0 fully saturated rings. The lowest BCUT2D eigenvalue weighted by Crippen LogP contribution is -2.34. The van der Waals surface area contributed by atoms with Crippen molar-refractivity contribution in [2.45, 2.75) is 26.1 Å². The number of hydrogen-bond donors (Lipinski definition) is 3. The number of carbonyl (C=O) groups excluding carboxylic acids is 1. The fourth-order valence-electron chi connectivity index (χ4n) is 5.23. The van der Waals surface area contributed by atoms with Crippen molar-refractivity contribution in [3.63, 3.8) is 0 Å². The maximum Gasteiger partial charge on any atom is 0.214 e. The average molecular weight is 679 g/mol. The van der Waals surface area contributed by atoms with Gasteiger partial charge in [-0.05, 0) is 59.3 Å². The summed E-state index contributed by atoms with van der Waals surface area (Å²) < 4.78 is 5.20. The van der Waals surface area contributed by atoms with Crippen LogP contribution < -0.4 is 10.2 Å². The number of carbonyl (C=O) groups is 1. The van der Waals surface area contributed by atoms with E-state index in [0.717, 1.165) is 61.8 Å². The number of pyridine rings is 2. The number of hydrogen-bond acceptors (Lipinski definition) is 7. The van der Waals surface area contributed by atoms with Crippen LogP contribution >= 0.6 is 11.6 Å². The van der Waals surface area contributed by atoms with E-state index in [0.29, 0.717) is 6.54 Å². The number of amides is 1. The Labute approximate surface area is 293 Å². The lowest BCUT2D eigenvalue weighted by molar-refractivity contribution is -0.107. The second-order valence-corrected chi connectivity index (χ2v) is 11.2. The van der Waals surface area contributed by atoms with Crippen molar-refractivity contribution >= 4 is 50.9 Å². The molecule has 254 valence electrons. The lowest BCUT2D eigenvalue weighted by Gasteiger charge is -2.23. The minimum absolute atomic E-state index is 0.148. The maximum atomic E-state index is 11.6. The number of aromatic nitrogens is 2. The summed E-state index contributed by atoms with van der Waals surface area (Å²) in [5.74, 6) is 0.219. The van der Waals surface area contributed by atoms with Crippen molar-refractivity contribution in [1.82, 2.24) is 9.97 Å². The third kappa shape index (κ3) is 9.84. The summed E-state index contributed by atoms with van der Waals surface area (Å²) in [4.78, 5) is 22.0. The molecule has 49 heavy (non-hydrogen) atoms. The number of methoxy groups -OCH3 is 1. The number of benzene rings is 4. The molecule has 3 N–H and O–H groups in total. The molecule has 1 amide bonds. The summed E-state index contributed by atoms with van der Waals surface area (Å²) in [6.07, 6.45) is 3.33. The number of alkyl halides is 1. The van der Waals surface area contributed by atoms with Crippen LogP contribution in [0.15, 0.2) is 122 Å². The fraction of sp³-hybridized carbons (Fsp3) is 0.225. The van der Waals surface area contributed by atoms with Crippen molar-refractivity contribution < 1.29 is 19.7 Å². The number of aliphatic hydroxyl groups is 2. The van der Waals surface area contributed by atoms with E-state index < -0.39 is 12.2 Å². The van der Waals surface area contributed by atoms with Crippen molar-refractivity contribution in [1.29, 1.82) is 0 Å². The number of aliphatic hydroxyl groups excluding tert-OH is 2. The van der Waals surface area contributed by atoms with E-state index in [2.05, 4.69) is 39.6 Å². The Balaban J connectivity index is 0.000000212. The average Bonchev–Trinajstić information content (AvgIpc) is 3.18. The normalized spacial score (nSPS) is 11.8. The van der Waals surface area contributed by atoms with Gasteiger partial charge in [-0.15, -0.1) is 11.6 Å². The number of nitrogens with one attached hydrogen (secondary N) is 1. The second kappa shape index (κ2) is 19.2. The SMILES string of the molecule is CC.COC(CO)CN(C=O)c1cccc2ccc(-c3ccccn3)cc12.OC(CCl)CNc1cccc2ccc(-c3ccccn3)cc12. The summed E-state index contributed by atoms with van der Waals surface area (Å²) in [5, 5.41) is 26.5. The van der Waals surface area contributed by atoms with Crippen LogP contribution in [-0.4, -0.2) is 71.5 Å². The van der Waals surface area contributed by atoms with E-state index in [9.17, 15) is 15.0 Å². The smallest absolute Gasteiger partial charge is 0.214 e. The number of fused-ring (bicyclic) bond motifs is 2. The monoisotopic (exact) mass is 678 g/mol. The van der Waals surface area contributed by atoms with Gasteiger partial charge in [-0.25, -0.2) is 0 Å². The van der Waals surface area contributed by atoms with Gasteiger partial charge in [0.2, 0.25) is 6.41 Å². The molecule has 0 saturated heterocycles. The van der Waals surface area contributed by atoms with E-state index in [-0.39, 0.29) is 19.0 Å². The van der Waals surface area contributed by atoms with E-state index in [1.165, 1.54) is 7.11 Å². The van der Waals surface area contributed by atoms with Crippen molar-refractivity contribution in [3.8, 4) is 22.5 Å². The van der Waals surface area contributed by atoms with Crippen molar-refractivity contribution in [3.05, 3.63) is 122 Å². The highest BCUT2D eigenvalue weighted by molar-refractivity contribution is 6.18. The number of nitrogens with zero attached hydrogens (tertiary/aromatic N) is 3. The summed E-state index contributed by atoms with van der Waals surface area (Å²) in [5.41, 5.74) is 5.64. The van der Waals surface area contributed by atoms with Gasteiger partial charge in [0.15, 0.2) is 0 Å². The summed E-state index contributed by atoms with van der Waals surface area (Å²) >= 11 is 5.64. The van der Waals surface area contributed by atoms with Crippen LogP contribution in [0.4, 0.5) is 11.4 Å². The van der Waals surface area contributed by atoms with Gasteiger partial charge in [-0.1, -0.05) is 74.5 Å². The Morgan fingerprint density at radius 3 is 1.94 bits per heavy atom. The van der Waals surface area contributed by atoms with Gasteiger partial charge in [0.25, 0.3) is 0 Å². The first kappa shape index (κ1) is 37.0. The molecule has 0 aliphatic carbocycles. The summed E-state index contributed by atoms with van der Waals surface area (Å²) in [7, 11) is 1.52. The van der Waals surface area contributed by atoms with Crippen LogP contribution in [0.25, 0.3) is 44.1 Å². The first-order valence-corrected chi connectivity index (χ1v) is 16.8. The van der Waals surface area contributed by atoms with E-state index in [4.69, 9.17) is 16.3 Å². The third-order valence-corrected chi connectivity index (χ3v) is 8.10. The molecule has 0 aliphatic heterocycles. The Hall–Kier alpha value is -4.86. The molecular weight excluding hydrogens is 636 g/mol. The van der Waals surface area contributed by atoms with Crippen LogP contribution in [0.2, 0.25) is 0 Å². The number of anilines is 2. The van der Waals surface area contributed by atoms with Crippen LogP contribution in [0.1, 0.15) is 13.8 Å². The third-order valence-electron chi connectivity index (χ3n) is 7.74. The molecule has 8 nitrogen and oxygen atoms in total. The molecule has 2 unspecified atom stereocenters. The highest BCUT2D eigenvalue weighted by Crippen LogP contribution is 2.31. The van der Waals surface area contributed by atoms with Gasteiger partial charge in [0.05, 0.1) is 48.3 Å². The topological polar surface area (TPSA) is 108 Å². The maximum absolute atomic E-state index is 11.6. The van der Waals surface area contributed by atoms with Crippen molar-refractivity contribution in [2.24, 2.45) is 0 Å². The van der Waals surface area contributed by atoms with Gasteiger partial charge >= 0.3 is 0 Å². The molecule has 0 spiro atoms. The zero-order chi connectivity index (χ0) is 35.0. The predicted molar refractivity (Wildman–Crippen MR) is 202 cm³/mol. The van der Waals surface area contributed by atoms with Gasteiger partial charge < -0.3 is 25.2 Å². The number of halogens is 1. The van der Waals surface area contributed by atoms with Crippen LogP contribution in [-0.2, 0) is 9.53 Å². The minimum atomic E-state index is -0.559. The van der Waals surface area contributed by atoms with E-state index >= 15 is 0 Å². The zero-order valence-electron chi connectivity index (χ0n) is 28.0. The Bertz CT molecular complexity index is 1890. The van der Waals surface area contributed by atoms with E-state index in [1.54, 1.807) is 17.3 Å². The highest BCUT2D eigenvalue weighted by Gasteiger charge is 2.16. The zero-order valence-corrected chi connectivity index (χ0v) is 28.8. The standard InChI is InChI=1S/C20H20N2O3.C18H17ClN2O.C2H6/c1-25-17(13-23)12-22(14-24)20-7-4-5-15-8-9-16(11-18(15)20)19-6-2-3-10-21-19;19-11-15(22)12-21-18-6-3-4-13-7-8-14(10-16(13)18)17-5-1-2-9-20-17;1-2/h2-11,14,17,23H,12-13H2,1H3;1-10,15,21-22H,11-12H2;1-2H3. The highest BCUT2D eigenvalue weighted by atomic mass is 35.5. The van der Waals surface area contributed by atoms with E-state index in [1.807, 2.05) is 98.8 Å². The van der Waals surface area contributed by atoms with Crippen LogP contribution in [0.3, 0.4) is 0 Å². The van der Waals surface area contributed by atoms with Gasteiger partial charge in [0, 0.05) is 53.6 Å². The quantitative estimate of drug-likeness (QED) is 0.0895. The molecule has 2 atom stereocenters. The number of rotatable bonds is 12. The molecule has 6 rings (SSSR count). The molecule has 0 aliphatic rings. The lowest BCUT2D eigenvalue weighted by atomic mass is 10.0. The molecule has 9 heteroatoms. The fourth-order valence-corrected chi connectivity index (χ4v) is 5.33. The molecule has 6 aromatic rings. The molecule has 0 bridgehead atoms.